The van der Waals surface area contributed by atoms with Crippen molar-refractivity contribution in [2.45, 2.75) is 31.5 Å². The largest absolute Gasteiger partial charge is 0.487 e. The van der Waals surface area contributed by atoms with Gasteiger partial charge in [0, 0.05) is 32.1 Å². The van der Waals surface area contributed by atoms with Crippen LogP contribution in [0.5, 0.6) is 5.75 Å². The number of rotatable bonds is 5. The molecule has 0 saturated carbocycles. The molecule has 1 saturated heterocycles. The van der Waals surface area contributed by atoms with Gasteiger partial charge in [0.15, 0.2) is 0 Å². The molecule has 116 valence electrons. The molecule has 2 rings (SSSR count). The minimum absolute atomic E-state index is 0.269. The zero-order chi connectivity index (χ0) is 15.5. The molecule has 1 heterocycles. The number of β-amino-alcohol motifs (C(OH)–C–C–N with tert-alkyl or cyclic N) is 1. The van der Waals surface area contributed by atoms with Crippen LogP contribution in [0.25, 0.3) is 0 Å². The number of amides is 1. The highest BCUT2D eigenvalue weighted by Crippen LogP contribution is 2.26. The van der Waals surface area contributed by atoms with Crippen LogP contribution in [0, 0.1) is 5.82 Å². The Labute approximate surface area is 123 Å². The summed E-state index contributed by atoms with van der Waals surface area (Å²) in [6.07, 6.45) is 0.456. The van der Waals surface area contributed by atoms with Crippen molar-refractivity contribution in [3.63, 3.8) is 0 Å². The molecule has 0 spiro atoms. The number of halogens is 1. The van der Waals surface area contributed by atoms with Crippen molar-refractivity contribution in [2.24, 2.45) is 5.73 Å². The first kappa shape index (κ1) is 15.7. The molecule has 0 aromatic heterocycles. The fraction of sp³-hybridized carbons (Fsp3) is 0.533. The number of nitrogens with zero attached hydrogens (tertiary/aromatic N) is 1. The molecule has 2 atom stereocenters. The van der Waals surface area contributed by atoms with Gasteiger partial charge in [-0.05, 0) is 25.5 Å². The number of piperidine rings is 1. The first-order chi connectivity index (χ1) is 9.87. The van der Waals surface area contributed by atoms with E-state index in [-0.39, 0.29) is 18.1 Å². The molecule has 0 radical (unpaired) electrons. The number of primary amides is 1. The molecule has 6 heteroatoms. The van der Waals surface area contributed by atoms with Crippen molar-refractivity contribution in [3.8, 4) is 5.75 Å². The van der Waals surface area contributed by atoms with E-state index in [1.807, 2.05) is 4.90 Å². The Balaban J connectivity index is 1.95. The number of ether oxygens (including phenoxy) is 1. The number of benzene rings is 1. The number of aliphatic hydroxyl groups is 1. The molecule has 0 unspecified atom stereocenters. The smallest absolute Gasteiger partial charge is 0.218 e. The van der Waals surface area contributed by atoms with Crippen molar-refractivity contribution in [2.75, 3.05) is 19.6 Å². The summed E-state index contributed by atoms with van der Waals surface area (Å²) in [5.74, 6) is -0.315. The van der Waals surface area contributed by atoms with E-state index in [1.54, 1.807) is 19.1 Å². The monoisotopic (exact) mass is 296 g/mol. The number of carbonyl (C=O) groups excluding carboxylic acids is 1. The minimum atomic E-state index is -1.07. The summed E-state index contributed by atoms with van der Waals surface area (Å²) in [4.78, 5) is 12.8. The van der Waals surface area contributed by atoms with Crippen molar-refractivity contribution >= 4 is 5.91 Å². The highest BCUT2D eigenvalue weighted by molar-refractivity contribution is 5.73. The van der Waals surface area contributed by atoms with E-state index in [9.17, 15) is 14.3 Å². The SMILES string of the molecule is C[C@]1(O)CN(CCC(N)=O)CC[C@@H]1Oc1cccc(F)c1. The van der Waals surface area contributed by atoms with Crippen molar-refractivity contribution < 1.29 is 19.0 Å². The second-order valence-corrected chi connectivity index (χ2v) is 5.70. The van der Waals surface area contributed by atoms with Gasteiger partial charge in [0.25, 0.3) is 0 Å². The molecule has 1 aliphatic rings. The summed E-state index contributed by atoms with van der Waals surface area (Å²) in [6, 6.07) is 5.88. The van der Waals surface area contributed by atoms with Gasteiger partial charge in [-0.3, -0.25) is 9.69 Å². The fourth-order valence-electron chi connectivity index (χ4n) is 2.59. The summed E-state index contributed by atoms with van der Waals surface area (Å²) in [7, 11) is 0. The number of hydrogen-bond acceptors (Lipinski definition) is 4. The van der Waals surface area contributed by atoms with Gasteiger partial charge in [-0.15, -0.1) is 0 Å². The average Bonchev–Trinajstić information content (AvgIpc) is 2.39. The van der Waals surface area contributed by atoms with Gasteiger partial charge in [-0.25, -0.2) is 4.39 Å². The van der Waals surface area contributed by atoms with E-state index in [1.165, 1.54) is 12.1 Å². The molecule has 3 N–H and O–H groups in total. The molecular weight excluding hydrogens is 275 g/mol. The van der Waals surface area contributed by atoms with Gasteiger partial charge in [0.2, 0.25) is 5.91 Å². The molecule has 1 amide bonds. The topological polar surface area (TPSA) is 75.8 Å². The zero-order valence-corrected chi connectivity index (χ0v) is 12.1. The van der Waals surface area contributed by atoms with Crippen LogP contribution < -0.4 is 10.5 Å². The molecule has 1 fully saturated rings. The summed E-state index contributed by atoms with van der Waals surface area (Å²) in [5.41, 5.74) is 4.07. The van der Waals surface area contributed by atoms with Crippen molar-refractivity contribution in [1.29, 1.82) is 0 Å². The predicted molar refractivity (Wildman–Crippen MR) is 76.3 cm³/mol. The van der Waals surface area contributed by atoms with Crippen LogP contribution in [0.2, 0.25) is 0 Å². The quantitative estimate of drug-likeness (QED) is 0.846. The Bertz CT molecular complexity index is 507. The van der Waals surface area contributed by atoms with E-state index >= 15 is 0 Å². The Morgan fingerprint density at radius 2 is 2.38 bits per heavy atom. The summed E-state index contributed by atoms with van der Waals surface area (Å²) >= 11 is 0. The fourth-order valence-corrected chi connectivity index (χ4v) is 2.59. The van der Waals surface area contributed by atoms with Gasteiger partial charge in [-0.1, -0.05) is 6.07 Å². The van der Waals surface area contributed by atoms with E-state index < -0.39 is 11.7 Å². The summed E-state index contributed by atoms with van der Waals surface area (Å²) < 4.78 is 18.9. The molecule has 0 bridgehead atoms. The Morgan fingerprint density at radius 3 is 3.00 bits per heavy atom. The van der Waals surface area contributed by atoms with Gasteiger partial charge in [-0.2, -0.15) is 0 Å². The lowest BCUT2D eigenvalue weighted by Crippen LogP contribution is -2.57. The Hall–Kier alpha value is -1.66. The van der Waals surface area contributed by atoms with Gasteiger partial charge < -0.3 is 15.6 Å². The second-order valence-electron chi connectivity index (χ2n) is 5.70. The predicted octanol–water partition coefficient (Wildman–Crippen LogP) is 0.905. The number of carbonyl (C=O) groups is 1. The number of likely N-dealkylation sites (tertiary alicyclic amines) is 1. The third-order valence-corrected chi connectivity index (χ3v) is 3.69. The van der Waals surface area contributed by atoms with Crippen LogP contribution in [0.4, 0.5) is 4.39 Å². The lowest BCUT2D eigenvalue weighted by Gasteiger charge is -2.42. The summed E-state index contributed by atoms with van der Waals surface area (Å²) in [6.45, 7) is 3.30. The third kappa shape index (κ3) is 4.41. The van der Waals surface area contributed by atoms with Crippen LogP contribution in [0.1, 0.15) is 19.8 Å². The molecular formula is C15H21FN2O3. The standard InChI is InChI=1S/C15H21FN2O3/c1-15(20)10-18(8-6-14(17)19)7-5-13(15)21-12-4-2-3-11(16)9-12/h2-4,9,13,20H,5-8,10H2,1H3,(H2,17,19)/t13-,15-/m0/s1. The first-order valence-electron chi connectivity index (χ1n) is 7.02. The highest BCUT2D eigenvalue weighted by atomic mass is 19.1. The third-order valence-electron chi connectivity index (χ3n) is 3.69. The van der Waals surface area contributed by atoms with Gasteiger partial charge >= 0.3 is 0 Å². The van der Waals surface area contributed by atoms with Crippen LogP contribution >= 0.6 is 0 Å². The van der Waals surface area contributed by atoms with E-state index in [0.717, 1.165) is 0 Å². The van der Waals surface area contributed by atoms with Crippen LogP contribution in [0.3, 0.4) is 0 Å². The minimum Gasteiger partial charge on any atom is -0.487 e. The summed E-state index contributed by atoms with van der Waals surface area (Å²) in [5, 5.41) is 10.5. The Morgan fingerprint density at radius 1 is 1.62 bits per heavy atom. The average molecular weight is 296 g/mol. The molecule has 0 aliphatic carbocycles. The lowest BCUT2D eigenvalue weighted by atomic mass is 9.91. The maximum Gasteiger partial charge on any atom is 0.218 e. The normalized spacial score (nSPS) is 26.5. The number of hydrogen-bond donors (Lipinski definition) is 2. The first-order valence-corrected chi connectivity index (χ1v) is 7.02. The molecule has 5 nitrogen and oxygen atoms in total. The van der Waals surface area contributed by atoms with Crippen molar-refractivity contribution in [1.82, 2.24) is 4.90 Å². The highest BCUT2D eigenvalue weighted by Gasteiger charge is 2.39. The molecule has 1 aliphatic heterocycles. The maximum atomic E-state index is 13.2. The van der Waals surface area contributed by atoms with E-state index in [0.29, 0.717) is 31.8 Å². The molecule has 1 aromatic rings. The van der Waals surface area contributed by atoms with Crippen molar-refractivity contribution in [3.05, 3.63) is 30.1 Å². The van der Waals surface area contributed by atoms with Gasteiger partial charge in [0.05, 0.1) is 0 Å². The van der Waals surface area contributed by atoms with Gasteiger partial charge in [0.1, 0.15) is 23.3 Å². The Kier molecular flexibility index (Phi) is 4.80. The number of nitrogens with two attached hydrogens (primary N) is 1. The second kappa shape index (κ2) is 6.41. The van der Waals surface area contributed by atoms with Crippen LogP contribution in [-0.2, 0) is 4.79 Å². The maximum absolute atomic E-state index is 13.2. The molecule has 21 heavy (non-hydrogen) atoms. The molecule has 1 aromatic carbocycles. The van der Waals surface area contributed by atoms with Crippen LogP contribution in [-0.4, -0.2) is 47.3 Å². The van der Waals surface area contributed by atoms with E-state index in [2.05, 4.69) is 0 Å². The zero-order valence-electron chi connectivity index (χ0n) is 12.1. The lowest BCUT2D eigenvalue weighted by molar-refractivity contribution is -0.120. The van der Waals surface area contributed by atoms with Crippen LogP contribution in [0.15, 0.2) is 24.3 Å². The van der Waals surface area contributed by atoms with E-state index in [4.69, 9.17) is 10.5 Å².